The van der Waals surface area contributed by atoms with Crippen molar-refractivity contribution >= 4 is 29.9 Å². The number of likely N-dealkylation sites (tertiary alicyclic amines) is 1. The predicted molar refractivity (Wildman–Crippen MR) is 109 cm³/mol. The van der Waals surface area contributed by atoms with Crippen LogP contribution in [0.25, 0.3) is 5.69 Å². The molecule has 2 aromatic rings. The number of benzene rings is 1. The summed E-state index contributed by atoms with van der Waals surface area (Å²) < 4.78 is 1.70. The molecule has 8 heteroatoms. The number of amides is 1. The van der Waals surface area contributed by atoms with Crippen molar-refractivity contribution in [1.82, 2.24) is 24.9 Å². The fourth-order valence-electron chi connectivity index (χ4n) is 3.85. The van der Waals surface area contributed by atoms with Gasteiger partial charge in [0.25, 0.3) is 5.91 Å². The lowest BCUT2D eigenvalue weighted by molar-refractivity contribution is 0.0766. The van der Waals surface area contributed by atoms with Crippen LogP contribution in [0.4, 0.5) is 0 Å². The Hall–Kier alpha value is -1.60. The molecule has 0 radical (unpaired) electrons. The molecule has 27 heavy (non-hydrogen) atoms. The fraction of sp³-hybridized carbons (Fsp3) is 0.474. The highest BCUT2D eigenvalue weighted by atomic mass is 35.5. The van der Waals surface area contributed by atoms with Gasteiger partial charge in [0.2, 0.25) is 0 Å². The lowest BCUT2D eigenvalue weighted by Crippen LogP contribution is -2.49. The summed E-state index contributed by atoms with van der Waals surface area (Å²) >= 11 is 6.27. The highest BCUT2D eigenvalue weighted by Crippen LogP contribution is 2.23. The zero-order valence-corrected chi connectivity index (χ0v) is 17.0. The zero-order valence-electron chi connectivity index (χ0n) is 15.4. The fourth-order valence-corrected chi connectivity index (χ4v) is 4.08. The first-order chi connectivity index (χ1) is 12.6. The second-order valence-electron chi connectivity index (χ2n) is 7.04. The summed E-state index contributed by atoms with van der Waals surface area (Å²) in [6.07, 6.45) is 2.91. The lowest BCUT2D eigenvalue weighted by Gasteiger charge is -2.32. The summed E-state index contributed by atoms with van der Waals surface area (Å²) in [5.41, 5.74) is 2.18. The van der Waals surface area contributed by atoms with Crippen LogP contribution >= 0.6 is 24.0 Å². The van der Waals surface area contributed by atoms with Crippen molar-refractivity contribution in [3.63, 3.8) is 0 Å². The van der Waals surface area contributed by atoms with Crippen LogP contribution in [0.3, 0.4) is 0 Å². The van der Waals surface area contributed by atoms with Crippen LogP contribution < -0.4 is 5.32 Å². The Morgan fingerprint density at radius 3 is 2.70 bits per heavy atom. The number of hydrogen-bond acceptors (Lipinski definition) is 4. The molecule has 1 atom stereocenters. The number of carbonyl (C=O) groups excluding carboxylic acids is 1. The SMILES string of the molecule is Cc1cn(-c2ccccc2Cl)nc1C(=O)N1CCC(N2CCNCC2)C1.Cl. The van der Waals surface area contributed by atoms with E-state index in [0.29, 0.717) is 16.8 Å². The molecule has 3 heterocycles. The first-order valence-corrected chi connectivity index (χ1v) is 9.56. The van der Waals surface area contributed by atoms with Gasteiger partial charge in [-0.1, -0.05) is 23.7 Å². The molecule has 1 N–H and O–H groups in total. The topological polar surface area (TPSA) is 53.4 Å². The molecular weight excluding hydrogens is 385 g/mol. The summed E-state index contributed by atoms with van der Waals surface area (Å²) in [5, 5.41) is 8.54. The van der Waals surface area contributed by atoms with E-state index in [0.717, 1.165) is 56.9 Å². The van der Waals surface area contributed by atoms with Gasteiger partial charge in [-0.3, -0.25) is 9.69 Å². The molecule has 2 saturated heterocycles. The Morgan fingerprint density at radius 1 is 1.22 bits per heavy atom. The molecule has 0 aliphatic carbocycles. The highest BCUT2D eigenvalue weighted by Gasteiger charge is 2.32. The number of halogens is 2. The molecule has 2 aliphatic rings. The van der Waals surface area contributed by atoms with Crippen LogP contribution in [0.2, 0.25) is 5.02 Å². The van der Waals surface area contributed by atoms with Crippen LogP contribution in [0, 0.1) is 6.92 Å². The van der Waals surface area contributed by atoms with E-state index in [4.69, 9.17) is 11.6 Å². The van der Waals surface area contributed by atoms with Crippen molar-refractivity contribution in [1.29, 1.82) is 0 Å². The Labute approximate surface area is 170 Å². The van der Waals surface area contributed by atoms with E-state index >= 15 is 0 Å². The van der Waals surface area contributed by atoms with Gasteiger partial charge in [0.05, 0.1) is 10.7 Å². The number of aryl methyl sites for hydroxylation is 1. The molecule has 2 fully saturated rings. The van der Waals surface area contributed by atoms with Crippen LogP contribution in [0.1, 0.15) is 22.5 Å². The Morgan fingerprint density at radius 2 is 1.96 bits per heavy atom. The van der Waals surface area contributed by atoms with E-state index in [2.05, 4.69) is 15.3 Å². The maximum absolute atomic E-state index is 13.0. The van der Waals surface area contributed by atoms with Crippen molar-refractivity contribution in [2.75, 3.05) is 39.3 Å². The van der Waals surface area contributed by atoms with E-state index in [1.165, 1.54) is 0 Å². The van der Waals surface area contributed by atoms with Gasteiger partial charge >= 0.3 is 0 Å². The Balaban J connectivity index is 0.00000210. The smallest absolute Gasteiger partial charge is 0.274 e. The number of nitrogens with one attached hydrogen (secondary N) is 1. The molecule has 0 bridgehead atoms. The molecule has 4 rings (SSSR count). The van der Waals surface area contributed by atoms with E-state index in [1.54, 1.807) is 4.68 Å². The largest absolute Gasteiger partial charge is 0.336 e. The van der Waals surface area contributed by atoms with E-state index in [1.807, 2.05) is 42.3 Å². The standard InChI is InChI=1S/C19H24ClN5O.ClH/c1-14-12-25(17-5-3-2-4-16(17)20)22-18(14)19(26)24-9-6-15(13-24)23-10-7-21-8-11-23;/h2-5,12,15,21H,6-11,13H2,1H3;1H. The van der Waals surface area contributed by atoms with Crippen LogP contribution in [-0.2, 0) is 0 Å². The molecule has 1 unspecified atom stereocenters. The number of rotatable bonds is 3. The summed E-state index contributed by atoms with van der Waals surface area (Å²) in [6, 6.07) is 7.99. The van der Waals surface area contributed by atoms with Crippen molar-refractivity contribution in [3.05, 3.63) is 46.7 Å². The van der Waals surface area contributed by atoms with Crippen molar-refractivity contribution in [2.24, 2.45) is 0 Å². The first kappa shape index (κ1) is 20.1. The molecule has 146 valence electrons. The maximum atomic E-state index is 13.0. The summed E-state index contributed by atoms with van der Waals surface area (Å²) in [5.74, 6) is 0.0194. The molecule has 1 aromatic carbocycles. The normalized spacial score (nSPS) is 20.5. The second kappa shape index (κ2) is 8.61. The van der Waals surface area contributed by atoms with Crippen molar-refractivity contribution in [3.8, 4) is 5.69 Å². The van der Waals surface area contributed by atoms with E-state index in [9.17, 15) is 4.79 Å². The van der Waals surface area contributed by atoms with Gasteiger partial charge in [-0.15, -0.1) is 12.4 Å². The van der Waals surface area contributed by atoms with Crippen molar-refractivity contribution < 1.29 is 4.79 Å². The van der Waals surface area contributed by atoms with Gasteiger partial charge in [0, 0.05) is 57.1 Å². The number of para-hydroxylation sites is 1. The number of piperazine rings is 1. The van der Waals surface area contributed by atoms with E-state index in [-0.39, 0.29) is 18.3 Å². The summed E-state index contributed by atoms with van der Waals surface area (Å²) in [4.78, 5) is 17.5. The molecule has 2 aliphatic heterocycles. The average Bonchev–Trinajstić information content (AvgIpc) is 3.29. The lowest BCUT2D eigenvalue weighted by atomic mass is 10.2. The Bertz CT molecular complexity index is 803. The van der Waals surface area contributed by atoms with Crippen LogP contribution in [0.5, 0.6) is 0 Å². The van der Waals surface area contributed by atoms with E-state index < -0.39 is 0 Å². The third-order valence-corrected chi connectivity index (χ3v) is 5.64. The van der Waals surface area contributed by atoms with Gasteiger partial charge < -0.3 is 10.2 Å². The van der Waals surface area contributed by atoms with Crippen LogP contribution in [-0.4, -0.2) is 70.8 Å². The third-order valence-electron chi connectivity index (χ3n) is 5.32. The number of nitrogens with zero attached hydrogens (tertiary/aromatic N) is 4. The Kier molecular flexibility index (Phi) is 6.42. The summed E-state index contributed by atoms with van der Waals surface area (Å²) in [7, 11) is 0. The van der Waals surface area contributed by atoms with Gasteiger partial charge in [-0.2, -0.15) is 5.10 Å². The molecule has 1 amide bonds. The number of hydrogen-bond donors (Lipinski definition) is 1. The summed E-state index contributed by atoms with van der Waals surface area (Å²) in [6.45, 7) is 7.71. The van der Waals surface area contributed by atoms with Gasteiger partial charge in [0.15, 0.2) is 5.69 Å². The first-order valence-electron chi connectivity index (χ1n) is 9.18. The quantitative estimate of drug-likeness (QED) is 0.845. The molecule has 6 nitrogen and oxygen atoms in total. The average molecular weight is 410 g/mol. The van der Waals surface area contributed by atoms with Gasteiger partial charge in [-0.05, 0) is 25.5 Å². The number of carbonyl (C=O) groups is 1. The predicted octanol–water partition coefficient (Wildman–Crippen LogP) is 2.38. The molecule has 1 aromatic heterocycles. The minimum absolute atomic E-state index is 0. The number of aromatic nitrogens is 2. The molecule has 0 saturated carbocycles. The monoisotopic (exact) mass is 409 g/mol. The molecule has 0 spiro atoms. The zero-order chi connectivity index (χ0) is 18.1. The second-order valence-corrected chi connectivity index (χ2v) is 7.44. The molecular formula is C19H25Cl2N5O. The van der Waals surface area contributed by atoms with Gasteiger partial charge in [-0.25, -0.2) is 4.68 Å². The highest BCUT2D eigenvalue weighted by molar-refractivity contribution is 6.32. The third kappa shape index (κ3) is 4.14. The van der Waals surface area contributed by atoms with Gasteiger partial charge in [0.1, 0.15) is 0 Å². The minimum Gasteiger partial charge on any atom is -0.336 e. The van der Waals surface area contributed by atoms with Crippen molar-refractivity contribution in [2.45, 2.75) is 19.4 Å². The maximum Gasteiger partial charge on any atom is 0.274 e. The minimum atomic E-state index is 0. The van der Waals surface area contributed by atoms with Crippen LogP contribution in [0.15, 0.2) is 30.5 Å².